The molecule has 0 radical (unpaired) electrons. The summed E-state index contributed by atoms with van der Waals surface area (Å²) in [6, 6.07) is 12.0. The van der Waals surface area contributed by atoms with Gasteiger partial charge < -0.3 is 0 Å². The van der Waals surface area contributed by atoms with E-state index in [1.54, 1.807) is 0 Å². The van der Waals surface area contributed by atoms with Crippen molar-refractivity contribution in [3.8, 4) is 6.07 Å². The van der Waals surface area contributed by atoms with Crippen molar-refractivity contribution >= 4 is 0 Å². The first-order valence-electron chi connectivity index (χ1n) is 5.56. The smallest absolute Gasteiger partial charge is 0.121 e. The monoisotopic (exact) mass is 202 g/mol. The van der Waals surface area contributed by atoms with Crippen molar-refractivity contribution in [2.45, 2.75) is 32.2 Å². The molecule has 0 bridgehead atoms. The van der Waals surface area contributed by atoms with E-state index < -0.39 is 0 Å². The minimum absolute atomic E-state index is 0.164. The summed E-state index contributed by atoms with van der Waals surface area (Å²) in [4.78, 5) is 0. The van der Waals surface area contributed by atoms with Gasteiger partial charge in [0.15, 0.2) is 0 Å². The van der Waals surface area contributed by atoms with Crippen LogP contribution < -0.4 is 5.32 Å². The minimum Gasteiger partial charge on any atom is -0.298 e. The van der Waals surface area contributed by atoms with E-state index in [-0.39, 0.29) is 6.04 Å². The van der Waals surface area contributed by atoms with Crippen molar-refractivity contribution in [1.82, 2.24) is 5.32 Å². The molecule has 1 unspecified atom stereocenters. The lowest BCUT2D eigenvalue weighted by Gasteiger charge is -2.11. The predicted octanol–water partition coefficient (Wildman–Crippen LogP) is 3.03. The van der Waals surface area contributed by atoms with Gasteiger partial charge in [-0.1, -0.05) is 50.1 Å². The molecular formula is C13H18N2. The summed E-state index contributed by atoms with van der Waals surface area (Å²) in [5.74, 6) is 0. The molecule has 1 aromatic rings. The van der Waals surface area contributed by atoms with Crippen molar-refractivity contribution in [2.24, 2.45) is 0 Å². The molecule has 1 N–H and O–H groups in total. The van der Waals surface area contributed by atoms with Crippen LogP contribution in [0, 0.1) is 11.3 Å². The number of benzene rings is 1. The van der Waals surface area contributed by atoms with Gasteiger partial charge in [0.25, 0.3) is 0 Å². The zero-order valence-corrected chi connectivity index (χ0v) is 9.24. The van der Waals surface area contributed by atoms with Gasteiger partial charge in [-0.2, -0.15) is 5.26 Å². The normalized spacial score (nSPS) is 12.0. The molecule has 0 spiro atoms. The van der Waals surface area contributed by atoms with Gasteiger partial charge in [-0.25, -0.2) is 0 Å². The molecule has 15 heavy (non-hydrogen) atoms. The van der Waals surface area contributed by atoms with Crippen LogP contribution >= 0.6 is 0 Å². The molecule has 1 atom stereocenters. The van der Waals surface area contributed by atoms with E-state index in [9.17, 15) is 0 Å². The molecule has 0 fully saturated rings. The Labute approximate surface area is 91.9 Å². The third-order valence-corrected chi connectivity index (χ3v) is 2.39. The van der Waals surface area contributed by atoms with Gasteiger partial charge in [0.05, 0.1) is 6.07 Å². The molecule has 0 amide bonds. The van der Waals surface area contributed by atoms with Gasteiger partial charge in [-0.15, -0.1) is 0 Å². The second-order valence-electron chi connectivity index (χ2n) is 3.63. The molecule has 1 aromatic carbocycles. The first-order valence-corrected chi connectivity index (χ1v) is 5.56. The molecule has 0 aromatic heterocycles. The number of nitriles is 1. The van der Waals surface area contributed by atoms with E-state index in [0.717, 1.165) is 18.5 Å². The Bertz CT molecular complexity index is 300. The van der Waals surface area contributed by atoms with Crippen LogP contribution in [0.25, 0.3) is 0 Å². The van der Waals surface area contributed by atoms with Gasteiger partial charge in [0, 0.05) is 0 Å². The predicted molar refractivity (Wildman–Crippen MR) is 62.3 cm³/mol. The van der Waals surface area contributed by atoms with Gasteiger partial charge in [0.2, 0.25) is 0 Å². The van der Waals surface area contributed by atoms with Crippen molar-refractivity contribution in [1.29, 1.82) is 5.26 Å². The Balaban J connectivity index is 2.41. The van der Waals surface area contributed by atoms with Crippen molar-refractivity contribution in [3.05, 3.63) is 35.9 Å². The number of rotatable bonds is 6. The second-order valence-corrected chi connectivity index (χ2v) is 3.63. The quantitative estimate of drug-likeness (QED) is 0.720. The topological polar surface area (TPSA) is 35.8 Å². The average molecular weight is 202 g/mol. The van der Waals surface area contributed by atoms with Gasteiger partial charge >= 0.3 is 0 Å². The highest BCUT2D eigenvalue weighted by atomic mass is 14.9. The van der Waals surface area contributed by atoms with Gasteiger partial charge in [0.1, 0.15) is 6.04 Å². The lowest BCUT2D eigenvalue weighted by atomic mass is 10.1. The average Bonchev–Trinajstić information content (AvgIpc) is 2.30. The zero-order valence-electron chi connectivity index (χ0n) is 9.24. The summed E-state index contributed by atoms with van der Waals surface area (Å²) < 4.78 is 0. The number of nitrogens with zero attached hydrogens (tertiary/aromatic N) is 1. The Morgan fingerprint density at radius 1 is 1.27 bits per heavy atom. The Hall–Kier alpha value is -1.33. The summed E-state index contributed by atoms with van der Waals surface area (Å²) in [5.41, 5.74) is 1.05. The summed E-state index contributed by atoms with van der Waals surface area (Å²) in [5, 5.41) is 12.3. The van der Waals surface area contributed by atoms with Crippen LogP contribution in [0.1, 0.15) is 37.8 Å². The lowest BCUT2D eigenvalue weighted by Crippen LogP contribution is -2.20. The highest BCUT2D eigenvalue weighted by molar-refractivity contribution is 5.23. The van der Waals surface area contributed by atoms with Crippen LogP contribution in [-0.4, -0.2) is 6.54 Å². The first kappa shape index (κ1) is 11.7. The van der Waals surface area contributed by atoms with Crippen molar-refractivity contribution in [3.63, 3.8) is 0 Å². The Morgan fingerprint density at radius 3 is 2.60 bits per heavy atom. The van der Waals surface area contributed by atoms with Crippen molar-refractivity contribution in [2.75, 3.05) is 6.54 Å². The van der Waals surface area contributed by atoms with Gasteiger partial charge in [-0.3, -0.25) is 5.32 Å². The molecule has 80 valence electrons. The summed E-state index contributed by atoms with van der Waals surface area (Å²) >= 11 is 0. The lowest BCUT2D eigenvalue weighted by molar-refractivity contribution is 0.581. The van der Waals surface area contributed by atoms with E-state index in [1.165, 1.54) is 12.8 Å². The number of hydrogen-bond donors (Lipinski definition) is 1. The first-order chi connectivity index (χ1) is 7.38. The van der Waals surface area contributed by atoms with Crippen molar-refractivity contribution < 1.29 is 0 Å². The molecule has 0 saturated carbocycles. The van der Waals surface area contributed by atoms with Crippen LogP contribution in [0.5, 0.6) is 0 Å². The van der Waals surface area contributed by atoms with E-state index in [2.05, 4.69) is 18.3 Å². The fraction of sp³-hybridized carbons (Fsp3) is 0.462. The zero-order chi connectivity index (χ0) is 10.9. The number of hydrogen-bond acceptors (Lipinski definition) is 2. The van der Waals surface area contributed by atoms with Crippen LogP contribution in [0.2, 0.25) is 0 Å². The van der Waals surface area contributed by atoms with Crippen LogP contribution in [-0.2, 0) is 0 Å². The van der Waals surface area contributed by atoms with E-state index in [0.29, 0.717) is 0 Å². The second kappa shape index (κ2) is 7.03. The molecular weight excluding hydrogens is 184 g/mol. The highest BCUT2D eigenvalue weighted by Gasteiger charge is 2.07. The van der Waals surface area contributed by atoms with Crippen LogP contribution in [0.4, 0.5) is 0 Å². The SMILES string of the molecule is CCCCCNC(C#N)c1ccccc1. The molecule has 0 aliphatic heterocycles. The molecule has 1 rings (SSSR count). The largest absolute Gasteiger partial charge is 0.298 e. The summed E-state index contributed by atoms with van der Waals surface area (Å²) in [6.45, 7) is 3.10. The maximum absolute atomic E-state index is 9.02. The van der Waals surface area contributed by atoms with Crippen LogP contribution in [0.3, 0.4) is 0 Å². The Morgan fingerprint density at radius 2 is 2.00 bits per heavy atom. The highest BCUT2D eigenvalue weighted by Crippen LogP contribution is 2.10. The molecule has 2 heteroatoms. The fourth-order valence-electron chi connectivity index (χ4n) is 1.50. The summed E-state index contributed by atoms with van der Waals surface area (Å²) in [6.07, 6.45) is 3.58. The molecule has 2 nitrogen and oxygen atoms in total. The Kier molecular flexibility index (Phi) is 5.50. The molecule has 0 heterocycles. The molecule has 0 aliphatic rings. The third-order valence-electron chi connectivity index (χ3n) is 2.39. The molecule has 0 aliphatic carbocycles. The number of nitrogens with one attached hydrogen (secondary N) is 1. The van der Waals surface area contributed by atoms with Crippen LogP contribution in [0.15, 0.2) is 30.3 Å². The standard InChI is InChI=1S/C13H18N2/c1-2-3-7-10-15-13(11-14)12-8-5-4-6-9-12/h4-6,8-9,13,15H,2-3,7,10H2,1H3. The van der Waals surface area contributed by atoms with E-state index in [4.69, 9.17) is 5.26 Å². The van der Waals surface area contributed by atoms with E-state index in [1.807, 2.05) is 30.3 Å². The number of unbranched alkanes of at least 4 members (excludes halogenated alkanes) is 2. The van der Waals surface area contributed by atoms with E-state index >= 15 is 0 Å². The molecule has 0 saturated heterocycles. The minimum atomic E-state index is -0.164. The van der Waals surface area contributed by atoms with Gasteiger partial charge in [-0.05, 0) is 18.5 Å². The third kappa shape index (κ3) is 4.14. The fourth-order valence-corrected chi connectivity index (χ4v) is 1.50. The maximum atomic E-state index is 9.02. The summed E-state index contributed by atoms with van der Waals surface area (Å²) in [7, 11) is 0. The maximum Gasteiger partial charge on any atom is 0.121 e.